The first kappa shape index (κ1) is 25.9. The zero-order valence-electron chi connectivity index (χ0n) is 21.3. The third kappa shape index (κ3) is 4.93. The lowest BCUT2D eigenvalue weighted by Crippen LogP contribution is -2.45. The van der Waals surface area contributed by atoms with Crippen molar-refractivity contribution in [1.82, 2.24) is 10.5 Å². The summed E-state index contributed by atoms with van der Waals surface area (Å²) < 4.78 is 37.4. The SMILES string of the molecule is C=C(F)C(=O)Nc1ccc(-c2ccc3onc(N)c3c2-c2ccc(C(=O)NC3CC(F)C3)c(OC)c2)c(C)c1. The zero-order chi connectivity index (χ0) is 27.8. The highest BCUT2D eigenvalue weighted by Gasteiger charge is 2.31. The number of methoxy groups -OCH3 is 1. The minimum absolute atomic E-state index is 0.191. The quantitative estimate of drug-likeness (QED) is 0.262. The highest BCUT2D eigenvalue weighted by Crippen LogP contribution is 2.43. The predicted octanol–water partition coefficient (Wildman–Crippen LogP) is 5.71. The molecule has 4 aromatic rings. The van der Waals surface area contributed by atoms with E-state index in [1.165, 1.54) is 7.11 Å². The third-order valence-electron chi connectivity index (χ3n) is 6.84. The van der Waals surface area contributed by atoms with Crippen LogP contribution in [0.25, 0.3) is 33.2 Å². The molecule has 200 valence electrons. The molecule has 1 saturated carbocycles. The van der Waals surface area contributed by atoms with Crippen molar-refractivity contribution in [2.24, 2.45) is 0 Å². The van der Waals surface area contributed by atoms with Gasteiger partial charge in [-0.05, 0) is 78.4 Å². The second-order valence-electron chi connectivity index (χ2n) is 9.47. The lowest BCUT2D eigenvalue weighted by Gasteiger charge is -2.30. The van der Waals surface area contributed by atoms with Crippen LogP contribution in [0.4, 0.5) is 20.3 Å². The molecule has 1 heterocycles. The Morgan fingerprint density at radius 2 is 1.87 bits per heavy atom. The predicted molar refractivity (Wildman–Crippen MR) is 145 cm³/mol. The Morgan fingerprint density at radius 1 is 1.13 bits per heavy atom. The lowest BCUT2D eigenvalue weighted by atomic mass is 9.88. The van der Waals surface area contributed by atoms with Crippen molar-refractivity contribution in [2.75, 3.05) is 18.2 Å². The van der Waals surface area contributed by atoms with E-state index in [-0.39, 0.29) is 17.8 Å². The second kappa shape index (κ2) is 10.2. The molecule has 5 rings (SSSR count). The zero-order valence-corrected chi connectivity index (χ0v) is 21.3. The summed E-state index contributed by atoms with van der Waals surface area (Å²) in [5.41, 5.74) is 11.2. The number of carbonyl (C=O) groups is 2. The smallest absolute Gasteiger partial charge is 0.283 e. The fraction of sp³-hybridized carbons (Fsp3) is 0.207. The molecule has 0 unspecified atom stereocenters. The molecular formula is C29H26F2N4O4. The normalized spacial score (nSPS) is 16.4. The van der Waals surface area contributed by atoms with Crippen molar-refractivity contribution in [3.8, 4) is 28.0 Å². The number of nitrogen functional groups attached to an aromatic ring is 1. The van der Waals surface area contributed by atoms with Crippen LogP contribution < -0.4 is 21.1 Å². The molecule has 1 fully saturated rings. The summed E-state index contributed by atoms with van der Waals surface area (Å²) in [5, 5.41) is 9.82. The summed E-state index contributed by atoms with van der Waals surface area (Å²) in [6.07, 6.45) is -0.284. The van der Waals surface area contributed by atoms with Gasteiger partial charge in [0, 0.05) is 17.3 Å². The standard InChI is InChI=1S/C29H26F2N4O4/c1-14-10-18(33-28(36)15(2)30)5-7-20(14)21-8-9-23-26(27(32)35-39-23)25(21)16-4-6-22(24(11-16)38-3)29(37)34-19-12-17(31)13-19/h4-11,17,19H,2,12-13H2,1,3H3,(H2,32,35)(H,33,36)(H,34,37). The average Bonchev–Trinajstić information content (AvgIpc) is 3.27. The molecule has 3 aromatic carbocycles. The summed E-state index contributed by atoms with van der Waals surface area (Å²) in [7, 11) is 1.47. The molecule has 1 aromatic heterocycles. The van der Waals surface area contributed by atoms with Gasteiger partial charge >= 0.3 is 0 Å². The number of halogens is 2. The number of fused-ring (bicyclic) bond motifs is 1. The first-order chi connectivity index (χ1) is 18.7. The van der Waals surface area contributed by atoms with Gasteiger partial charge in [0.15, 0.2) is 17.2 Å². The van der Waals surface area contributed by atoms with Crippen molar-refractivity contribution in [3.05, 3.63) is 72.1 Å². The molecule has 10 heteroatoms. The van der Waals surface area contributed by atoms with Gasteiger partial charge in [0.1, 0.15) is 11.9 Å². The number of nitrogens with one attached hydrogen (secondary N) is 2. The van der Waals surface area contributed by atoms with E-state index in [1.807, 2.05) is 13.0 Å². The second-order valence-corrected chi connectivity index (χ2v) is 9.47. The summed E-state index contributed by atoms with van der Waals surface area (Å²) >= 11 is 0. The number of hydrogen-bond donors (Lipinski definition) is 3. The summed E-state index contributed by atoms with van der Waals surface area (Å²) in [4.78, 5) is 24.6. The van der Waals surface area contributed by atoms with Gasteiger partial charge in [0.05, 0.1) is 18.1 Å². The molecule has 0 atom stereocenters. The Kier molecular flexibility index (Phi) is 6.78. The van der Waals surface area contributed by atoms with Crippen molar-refractivity contribution >= 4 is 34.3 Å². The van der Waals surface area contributed by atoms with Gasteiger partial charge in [-0.15, -0.1) is 0 Å². The van der Waals surface area contributed by atoms with Crippen LogP contribution in [0.3, 0.4) is 0 Å². The summed E-state index contributed by atoms with van der Waals surface area (Å²) in [6.45, 7) is 4.87. The van der Waals surface area contributed by atoms with E-state index in [1.54, 1.807) is 42.5 Å². The molecule has 39 heavy (non-hydrogen) atoms. The molecule has 4 N–H and O–H groups in total. The summed E-state index contributed by atoms with van der Waals surface area (Å²) in [5.74, 6) is -1.82. The molecule has 8 nitrogen and oxygen atoms in total. The van der Waals surface area contributed by atoms with Crippen LogP contribution >= 0.6 is 0 Å². The first-order valence-electron chi connectivity index (χ1n) is 12.2. The number of benzene rings is 3. The van der Waals surface area contributed by atoms with Crippen LogP contribution in [0.1, 0.15) is 28.8 Å². The molecule has 1 aliphatic carbocycles. The fourth-order valence-corrected chi connectivity index (χ4v) is 4.79. The number of aryl methyl sites for hydroxylation is 1. The van der Waals surface area contributed by atoms with Crippen molar-refractivity contribution < 1.29 is 27.6 Å². The largest absolute Gasteiger partial charge is 0.496 e. The highest BCUT2D eigenvalue weighted by molar-refractivity contribution is 6.08. The van der Waals surface area contributed by atoms with E-state index >= 15 is 0 Å². The maximum absolute atomic E-state index is 13.2. The van der Waals surface area contributed by atoms with E-state index in [0.717, 1.165) is 16.7 Å². The monoisotopic (exact) mass is 532 g/mol. The number of carbonyl (C=O) groups excluding carboxylic acids is 2. The Labute approximate surface area is 222 Å². The van der Waals surface area contributed by atoms with Crippen LogP contribution in [0.15, 0.2) is 65.5 Å². The number of anilines is 2. The highest BCUT2D eigenvalue weighted by atomic mass is 19.1. The molecule has 1 aliphatic rings. The summed E-state index contributed by atoms with van der Waals surface area (Å²) in [6, 6.07) is 13.8. The van der Waals surface area contributed by atoms with Gasteiger partial charge in [-0.25, -0.2) is 8.78 Å². The Hall–Kier alpha value is -4.73. The number of ether oxygens (including phenoxy) is 1. The van der Waals surface area contributed by atoms with Gasteiger partial charge in [-0.1, -0.05) is 23.9 Å². The minimum atomic E-state index is -1.09. The Bertz CT molecular complexity index is 1630. The molecule has 0 saturated heterocycles. The molecule has 0 radical (unpaired) electrons. The number of alkyl halides is 1. The lowest BCUT2D eigenvalue weighted by molar-refractivity contribution is -0.114. The molecule has 0 spiro atoms. The van der Waals surface area contributed by atoms with Crippen LogP contribution in [0.2, 0.25) is 0 Å². The number of nitrogens with two attached hydrogens (primary N) is 1. The van der Waals surface area contributed by atoms with Crippen LogP contribution in [0, 0.1) is 6.92 Å². The van der Waals surface area contributed by atoms with Crippen molar-refractivity contribution in [2.45, 2.75) is 32.0 Å². The fourth-order valence-electron chi connectivity index (χ4n) is 4.79. The van der Waals surface area contributed by atoms with E-state index < -0.39 is 17.9 Å². The maximum atomic E-state index is 13.2. The van der Waals surface area contributed by atoms with Gasteiger partial charge in [0.2, 0.25) is 0 Å². The van der Waals surface area contributed by atoms with Gasteiger partial charge in [0.25, 0.3) is 11.8 Å². The molecular weight excluding hydrogens is 506 g/mol. The number of hydrogen-bond acceptors (Lipinski definition) is 6. The molecule has 0 aliphatic heterocycles. The van der Waals surface area contributed by atoms with Crippen molar-refractivity contribution in [1.29, 1.82) is 0 Å². The average molecular weight is 533 g/mol. The molecule has 0 bridgehead atoms. The van der Waals surface area contributed by atoms with Gasteiger partial charge < -0.3 is 25.6 Å². The number of aromatic nitrogens is 1. The number of nitrogens with zero attached hydrogens (tertiary/aromatic N) is 1. The minimum Gasteiger partial charge on any atom is -0.496 e. The molecule has 2 amide bonds. The van der Waals surface area contributed by atoms with Crippen molar-refractivity contribution in [3.63, 3.8) is 0 Å². The Balaban J connectivity index is 1.59. The van der Waals surface area contributed by atoms with Crippen LogP contribution in [0.5, 0.6) is 5.75 Å². The number of rotatable bonds is 7. The van der Waals surface area contributed by atoms with Gasteiger partial charge in [-0.2, -0.15) is 0 Å². The third-order valence-corrected chi connectivity index (χ3v) is 6.84. The topological polar surface area (TPSA) is 119 Å². The van der Waals surface area contributed by atoms with E-state index in [0.29, 0.717) is 51.9 Å². The maximum Gasteiger partial charge on any atom is 0.283 e. The Morgan fingerprint density at radius 3 is 2.54 bits per heavy atom. The number of amides is 2. The van der Waals surface area contributed by atoms with Crippen LogP contribution in [-0.4, -0.2) is 36.3 Å². The van der Waals surface area contributed by atoms with E-state index in [2.05, 4.69) is 22.4 Å². The first-order valence-corrected chi connectivity index (χ1v) is 12.2. The van der Waals surface area contributed by atoms with E-state index in [4.69, 9.17) is 15.0 Å². The van der Waals surface area contributed by atoms with Crippen LogP contribution in [-0.2, 0) is 4.79 Å². The van der Waals surface area contributed by atoms with Gasteiger partial charge in [-0.3, -0.25) is 9.59 Å². The van der Waals surface area contributed by atoms with E-state index in [9.17, 15) is 18.4 Å².